The number of aromatic nitrogens is 1. The van der Waals surface area contributed by atoms with Crippen molar-refractivity contribution in [2.45, 2.75) is 32.4 Å². The average molecular weight is 271 g/mol. The first-order chi connectivity index (χ1) is 8.79. The second kappa shape index (κ2) is 6.92. The zero-order chi connectivity index (χ0) is 12.8. The smallest absolute Gasteiger partial charge is 0.213 e. The molecule has 1 unspecified atom stereocenters. The van der Waals surface area contributed by atoms with Crippen molar-refractivity contribution in [3.05, 3.63) is 22.8 Å². The van der Waals surface area contributed by atoms with Gasteiger partial charge in [-0.05, 0) is 19.0 Å². The molecule has 0 saturated carbocycles. The van der Waals surface area contributed by atoms with Crippen molar-refractivity contribution in [2.75, 3.05) is 19.8 Å². The highest BCUT2D eigenvalue weighted by Gasteiger charge is 2.18. The van der Waals surface area contributed by atoms with Crippen LogP contribution in [0.1, 0.15) is 25.5 Å². The predicted molar refractivity (Wildman–Crippen MR) is 71.1 cm³/mol. The van der Waals surface area contributed by atoms with Crippen molar-refractivity contribution in [2.24, 2.45) is 0 Å². The molecule has 18 heavy (non-hydrogen) atoms. The van der Waals surface area contributed by atoms with Crippen LogP contribution in [0.5, 0.6) is 5.88 Å². The molecule has 0 amide bonds. The lowest BCUT2D eigenvalue weighted by atomic mass is 10.3. The fourth-order valence-electron chi connectivity index (χ4n) is 1.81. The quantitative estimate of drug-likeness (QED) is 0.806. The van der Waals surface area contributed by atoms with E-state index < -0.39 is 0 Å². The molecule has 0 bridgehead atoms. The second-order valence-corrected chi connectivity index (χ2v) is 4.77. The zero-order valence-electron chi connectivity index (χ0n) is 10.6. The van der Waals surface area contributed by atoms with Crippen molar-refractivity contribution < 1.29 is 9.47 Å². The number of halogens is 1. The Labute approximate surface area is 113 Å². The summed E-state index contributed by atoms with van der Waals surface area (Å²) in [6.45, 7) is 5.17. The zero-order valence-corrected chi connectivity index (χ0v) is 11.4. The highest BCUT2D eigenvalue weighted by molar-refractivity contribution is 6.31. The van der Waals surface area contributed by atoms with Crippen LogP contribution in [0.4, 0.5) is 0 Å². The third kappa shape index (κ3) is 3.83. The number of nitrogens with zero attached hydrogens (tertiary/aromatic N) is 1. The maximum atomic E-state index is 6.11. The number of rotatable bonds is 6. The molecule has 1 atom stereocenters. The standard InChI is InChI=1S/C13H19ClN2O2/c1-2-6-15-8-12-11(14)3-4-13(16-12)18-10-5-7-17-9-10/h3-4,10,15H,2,5-9H2,1H3. The molecule has 100 valence electrons. The van der Waals surface area contributed by atoms with Gasteiger partial charge in [-0.15, -0.1) is 0 Å². The fraction of sp³-hybridized carbons (Fsp3) is 0.615. The number of hydrogen-bond acceptors (Lipinski definition) is 4. The van der Waals surface area contributed by atoms with Crippen LogP contribution in [0.25, 0.3) is 0 Å². The van der Waals surface area contributed by atoms with Crippen LogP contribution in [0, 0.1) is 0 Å². The maximum absolute atomic E-state index is 6.11. The van der Waals surface area contributed by atoms with Gasteiger partial charge < -0.3 is 14.8 Å². The first-order valence-corrected chi connectivity index (χ1v) is 6.78. The van der Waals surface area contributed by atoms with Crippen LogP contribution >= 0.6 is 11.6 Å². The average Bonchev–Trinajstić information content (AvgIpc) is 2.86. The van der Waals surface area contributed by atoms with Crippen molar-refractivity contribution in [3.8, 4) is 5.88 Å². The molecule has 5 heteroatoms. The molecular weight excluding hydrogens is 252 g/mol. The Morgan fingerprint density at radius 1 is 1.56 bits per heavy atom. The SMILES string of the molecule is CCCNCc1nc(OC2CCOC2)ccc1Cl. The molecule has 2 heterocycles. The van der Waals surface area contributed by atoms with Gasteiger partial charge in [0.1, 0.15) is 6.10 Å². The Balaban J connectivity index is 1.96. The van der Waals surface area contributed by atoms with E-state index in [1.54, 1.807) is 0 Å². The molecule has 2 rings (SSSR count). The normalized spacial score (nSPS) is 19.1. The lowest BCUT2D eigenvalue weighted by molar-refractivity contribution is 0.138. The van der Waals surface area contributed by atoms with E-state index in [0.29, 0.717) is 24.1 Å². The summed E-state index contributed by atoms with van der Waals surface area (Å²) in [5.74, 6) is 0.628. The maximum Gasteiger partial charge on any atom is 0.213 e. The first kappa shape index (κ1) is 13.6. The number of nitrogens with one attached hydrogen (secondary N) is 1. The van der Waals surface area contributed by atoms with E-state index >= 15 is 0 Å². The topological polar surface area (TPSA) is 43.4 Å². The summed E-state index contributed by atoms with van der Waals surface area (Å²) in [7, 11) is 0. The molecule has 1 saturated heterocycles. The van der Waals surface area contributed by atoms with Gasteiger partial charge in [0.15, 0.2) is 0 Å². The van der Waals surface area contributed by atoms with Crippen LogP contribution < -0.4 is 10.1 Å². The van der Waals surface area contributed by atoms with Crippen LogP contribution in [0.2, 0.25) is 5.02 Å². The Morgan fingerprint density at radius 2 is 2.44 bits per heavy atom. The summed E-state index contributed by atoms with van der Waals surface area (Å²) >= 11 is 6.11. The Hall–Kier alpha value is -0.840. The predicted octanol–water partition coefficient (Wildman–Crippen LogP) is 2.40. The number of hydrogen-bond donors (Lipinski definition) is 1. The van der Waals surface area contributed by atoms with Crippen LogP contribution in [0.15, 0.2) is 12.1 Å². The second-order valence-electron chi connectivity index (χ2n) is 4.36. The van der Waals surface area contributed by atoms with Crippen molar-refractivity contribution in [1.29, 1.82) is 0 Å². The molecule has 0 aromatic carbocycles. The minimum Gasteiger partial charge on any atom is -0.472 e. The highest BCUT2D eigenvalue weighted by Crippen LogP contribution is 2.20. The Morgan fingerprint density at radius 3 is 3.17 bits per heavy atom. The summed E-state index contributed by atoms with van der Waals surface area (Å²) in [6.07, 6.45) is 2.14. The van der Waals surface area contributed by atoms with E-state index in [4.69, 9.17) is 21.1 Å². The molecular formula is C13H19ClN2O2. The molecule has 1 aliphatic heterocycles. The number of ether oxygens (including phenoxy) is 2. The number of pyridine rings is 1. The van der Waals surface area contributed by atoms with E-state index in [1.807, 2.05) is 12.1 Å². The third-order valence-corrected chi connectivity index (χ3v) is 3.13. The van der Waals surface area contributed by atoms with Gasteiger partial charge in [0.25, 0.3) is 0 Å². The van der Waals surface area contributed by atoms with Gasteiger partial charge in [-0.3, -0.25) is 0 Å². The molecule has 0 spiro atoms. The Bertz CT molecular complexity index is 381. The third-order valence-electron chi connectivity index (χ3n) is 2.79. The van der Waals surface area contributed by atoms with E-state index in [2.05, 4.69) is 17.2 Å². The molecule has 1 aliphatic rings. The summed E-state index contributed by atoms with van der Waals surface area (Å²) in [5.41, 5.74) is 0.835. The summed E-state index contributed by atoms with van der Waals surface area (Å²) in [4.78, 5) is 4.44. The monoisotopic (exact) mass is 270 g/mol. The molecule has 0 aliphatic carbocycles. The summed E-state index contributed by atoms with van der Waals surface area (Å²) in [6, 6.07) is 3.65. The highest BCUT2D eigenvalue weighted by atomic mass is 35.5. The van der Waals surface area contributed by atoms with Crippen LogP contribution in [0.3, 0.4) is 0 Å². The van der Waals surface area contributed by atoms with Gasteiger partial charge in [0.05, 0.1) is 23.9 Å². The lowest BCUT2D eigenvalue weighted by Crippen LogP contribution is -2.18. The van der Waals surface area contributed by atoms with Gasteiger partial charge >= 0.3 is 0 Å². The van der Waals surface area contributed by atoms with E-state index in [9.17, 15) is 0 Å². The summed E-state index contributed by atoms with van der Waals surface area (Å²) < 4.78 is 11.0. The molecule has 1 aromatic heterocycles. The van der Waals surface area contributed by atoms with Gasteiger partial charge in [0, 0.05) is 19.0 Å². The van der Waals surface area contributed by atoms with E-state index in [1.165, 1.54) is 0 Å². The van der Waals surface area contributed by atoms with Crippen LogP contribution in [-0.2, 0) is 11.3 Å². The van der Waals surface area contributed by atoms with Crippen LogP contribution in [-0.4, -0.2) is 30.8 Å². The lowest BCUT2D eigenvalue weighted by Gasteiger charge is -2.12. The minimum absolute atomic E-state index is 0.120. The van der Waals surface area contributed by atoms with Gasteiger partial charge in [-0.2, -0.15) is 0 Å². The molecule has 1 aromatic rings. The summed E-state index contributed by atoms with van der Waals surface area (Å²) in [5, 5.41) is 3.96. The van der Waals surface area contributed by atoms with E-state index in [-0.39, 0.29) is 6.10 Å². The molecule has 0 radical (unpaired) electrons. The Kier molecular flexibility index (Phi) is 5.23. The van der Waals surface area contributed by atoms with E-state index in [0.717, 1.165) is 31.7 Å². The molecule has 1 fully saturated rings. The van der Waals surface area contributed by atoms with Crippen molar-refractivity contribution >= 4 is 11.6 Å². The first-order valence-electron chi connectivity index (χ1n) is 6.40. The van der Waals surface area contributed by atoms with Gasteiger partial charge in [0.2, 0.25) is 5.88 Å². The van der Waals surface area contributed by atoms with Gasteiger partial charge in [-0.1, -0.05) is 18.5 Å². The van der Waals surface area contributed by atoms with Gasteiger partial charge in [-0.25, -0.2) is 4.98 Å². The fourth-order valence-corrected chi connectivity index (χ4v) is 1.99. The minimum atomic E-state index is 0.120. The van der Waals surface area contributed by atoms with Crippen molar-refractivity contribution in [1.82, 2.24) is 10.3 Å². The largest absolute Gasteiger partial charge is 0.472 e. The van der Waals surface area contributed by atoms with Crippen molar-refractivity contribution in [3.63, 3.8) is 0 Å². The molecule has 1 N–H and O–H groups in total. The molecule has 4 nitrogen and oxygen atoms in total.